The minimum absolute atomic E-state index is 0.150. The number of anilines is 2. The van der Waals surface area contributed by atoms with Gasteiger partial charge in [0.25, 0.3) is 0 Å². The zero-order valence-corrected chi connectivity index (χ0v) is 15.4. The number of nitrogens with two attached hydrogens (primary N) is 1. The molecule has 6 nitrogen and oxygen atoms in total. The minimum Gasteiger partial charge on any atom is -0.374 e. The molecule has 0 atom stereocenters. The molecule has 7 heteroatoms. The fourth-order valence-corrected chi connectivity index (χ4v) is 4.27. The van der Waals surface area contributed by atoms with Gasteiger partial charge < -0.3 is 5.73 Å². The average molecular weight is 375 g/mol. The van der Waals surface area contributed by atoms with E-state index in [0.29, 0.717) is 11.6 Å². The lowest BCUT2D eigenvalue weighted by Gasteiger charge is -2.16. The van der Waals surface area contributed by atoms with Crippen LogP contribution in [0.3, 0.4) is 0 Å². The Morgan fingerprint density at radius 2 is 2.07 bits per heavy atom. The molecular weight excluding hydrogens is 358 g/mol. The van der Waals surface area contributed by atoms with Gasteiger partial charge in [-0.25, -0.2) is 4.98 Å². The maximum absolute atomic E-state index is 12.1. The molecule has 3 aromatic rings. The van der Waals surface area contributed by atoms with Gasteiger partial charge >= 0.3 is 0 Å². The van der Waals surface area contributed by atoms with E-state index in [0.717, 1.165) is 52.6 Å². The van der Waals surface area contributed by atoms with Crippen molar-refractivity contribution in [1.82, 2.24) is 15.2 Å². The van der Waals surface area contributed by atoms with Crippen molar-refractivity contribution in [2.24, 2.45) is 0 Å². The molecule has 2 aromatic heterocycles. The molecule has 3 heterocycles. The topological polar surface area (TPSA) is 85.0 Å². The number of carbonyl (C=O) groups is 1. The van der Waals surface area contributed by atoms with Gasteiger partial charge in [0.1, 0.15) is 10.8 Å². The van der Waals surface area contributed by atoms with Gasteiger partial charge in [-0.05, 0) is 42.2 Å². The summed E-state index contributed by atoms with van der Waals surface area (Å²) in [4.78, 5) is 18.6. The third kappa shape index (κ3) is 2.80. The van der Waals surface area contributed by atoms with Gasteiger partial charge in [-0.15, -0.1) is 10.2 Å². The Balaban J connectivity index is 1.53. The van der Waals surface area contributed by atoms with Crippen LogP contribution in [-0.4, -0.2) is 27.6 Å². The number of aromatic nitrogens is 3. The van der Waals surface area contributed by atoms with Crippen LogP contribution in [0.2, 0.25) is 0 Å². The highest BCUT2D eigenvalue weighted by Crippen LogP contribution is 2.36. The Kier molecular flexibility index (Phi) is 3.75. The summed E-state index contributed by atoms with van der Waals surface area (Å²) in [5.41, 5.74) is 11.1. The first-order chi connectivity index (χ1) is 13.2. The lowest BCUT2D eigenvalue weighted by atomic mass is 10.0. The van der Waals surface area contributed by atoms with Gasteiger partial charge in [0.2, 0.25) is 11.0 Å². The number of nitrogen functional groups attached to an aromatic ring is 1. The summed E-state index contributed by atoms with van der Waals surface area (Å²) in [6, 6.07) is 12.2. The lowest BCUT2D eigenvalue weighted by Crippen LogP contribution is -2.24. The number of hydrogen-bond acceptors (Lipinski definition) is 6. The normalized spacial score (nSPS) is 15.9. The monoisotopic (exact) mass is 375 g/mol. The molecule has 0 saturated carbocycles. The minimum atomic E-state index is 0.150. The molecule has 1 aromatic carbocycles. The van der Waals surface area contributed by atoms with Crippen LogP contribution >= 0.6 is 11.3 Å². The summed E-state index contributed by atoms with van der Waals surface area (Å²) in [6.07, 6.45) is 4.56. The first-order valence-corrected chi connectivity index (χ1v) is 9.71. The van der Waals surface area contributed by atoms with Crippen LogP contribution in [0.25, 0.3) is 16.1 Å². The summed E-state index contributed by atoms with van der Waals surface area (Å²) in [7, 11) is 0. The highest BCUT2D eigenvalue weighted by Gasteiger charge is 2.24. The van der Waals surface area contributed by atoms with Gasteiger partial charge in [-0.3, -0.25) is 9.69 Å². The van der Waals surface area contributed by atoms with Crippen LogP contribution < -0.4 is 10.6 Å². The van der Waals surface area contributed by atoms with Gasteiger partial charge in [-0.1, -0.05) is 35.6 Å². The molecule has 2 aliphatic rings. The molecule has 1 aliphatic heterocycles. The fraction of sp³-hybridized carbons (Fsp3) is 0.200. The van der Waals surface area contributed by atoms with Gasteiger partial charge in [-0.2, -0.15) is 0 Å². The van der Waals surface area contributed by atoms with Gasteiger partial charge in [0, 0.05) is 24.1 Å². The van der Waals surface area contributed by atoms with E-state index in [1.54, 1.807) is 4.90 Å². The largest absolute Gasteiger partial charge is 0.374 e. The number of amides is 1. The molecule has 0 spiro atoms. The first-order valence-electron chi connectivity index (χ1n) is 8.89. The predicted molar refractivity (Wildman–Crippen MR) is 106 cm³/mol. The van der Waals surface area contributed by atoms with Crippen molar-refractivity contribution in [2.75, 3.05) is 17.2 Å². The van der Waals surface area contributed by atoms with Crippen LogP contribution in [0.1, 0.15) is 29.7 Å². The van der Waals surface area contributed by atoms with E-state index in [1.807, 2.05) is 18.2 Å². The van der Waals surface area contributed by atoms with E-state index in [2.05, 4.69) is 34.5 Å². The quantitative estimate of drug-likeness (QED) is 0.759. The number of fused-ring (bicyclic) bond motifs is 1. The number of hydrogen-bond donors (Lipinski definition) is 1. The van der Waals surface area contributed by atoms with Crippen molar-refractivity contribution in [2.45, 2.75) is 19.3 Å². The third-order valence-corrected chi connectivity index (χ3v) is 5.78. The maximum Gasteiger partial charge on any atom is 0.228 e. The molecule has 2 N–H and O–H groups in total. The Morgan fingerprint density at radius 3 is 2.85 bits per heavy atom. The first kappa shape index (κ1) is 16.1. The molecular formula is C20H17N5OS. The number of pyridine rings is 1. The van der Waals surface area contributed by atoms with Crippen molar-refractivity contribution >= 4 is 33.8 Å². The maximum atomic E-state index is 12.1. The molecule has 1 fully saturated rings. The number of carbonyl (C=O) groups excluding carboxylic acids is 1. The summed E-state index contributed by atoms with van der Waals surface area (Å²) in [6.45, 7) is 0.744. The third-order valence-electron chi connectivity index (χ3n) is 4.97. The number of rotatable bonds is 3. The van der Waals surface area contributed by atoms with E-state index < -0.39 is 0 Å². The zero-order chi connectivity index (χ0) is 18.4. The second-order valence-electron chi connectivity index (χ2n) is 6.67. The van der Waals surface area contributed by atoms with Crippen molar-refractivity contribution in [3.8, 4) is 10.6 Å². The molecule has 1 saturated heterocycles. The Hall–Kier alpha value is -3.06. The second-order valence-corrected chi connectivity index (χ2v) is 7.68. The predicted octanol–water partition coefficient (Wildman–Crippen LogP) is 3.30. The smallest absolute Gasteiger partial charge is 0.228 e. The van der Waals surface area contributed by atoms with E-state index in [1.165, 1.54) is 16.9 Å². The van der Waals surface area contributed by atoms with E-state index in [9.17, 15) is 4.79 Å². The highest BCUT2D eigenvalue weighted by atomic mass is 32.1. The summed E-state index contributed by atoms with van der Waals surface area (Å²) < 4.78 is 0. The van der Waals surface area contributed by atoms with Crippen LogP contribution in [0.4, 0.5) is 10.9 Å². The average Bonchev–Trinajstić information content (AvgIpc) is 3.40. The van der Waals surface area contributed by atoms with Crippen LogP contribution in [0.5, 0.6) is 0 Å². The Labute approximate surface area is 160 Å². The van der Waals surface area contributed by atoms with E-state index >= 15 is 0 Å². The van der Waals surface area contributed by atoms with Crippen molar-refractivity contribution in [3.05, 3.63) is 59.3 Å². The molecule has 134 valence electrons. The van der Waals surface area contributed by atoms with Gasteiger partial charge in [0.15, 0.2) is 0 Å². The molecule has 1 aliphatic carbocycles. The number of allylic oxidation sites excluding steroid dienone is 1. The molecule has 5 rings (SSSR count). The fourth-order valence-electron chi connectivity index (χ4n) is 3.67. The molecule has 27 heavy (non-hydrogen) atoms. The summed E-state index contributed by atoms with van der Waals surface area (Å²) in [5.74, 6) is 0.883. The van der Waals surface area contributed by atoms with Crippen molar-refractivity contribution in [1.29, 1.82) is 0 Å². The lowest BCUT2D eigenvalue weighted by molar-refractivity contribution is -0.117. The van der Waals surface area contributed by atoms with Gasteiger partial charge in [0.05, 0.1) is 5.69 Å². The number of benzene rings is 1. The van der Waals surface area contributed by atoms with Crippen molar-refractivity contribution < 1.29 is 4.79 Å². The molecule has 0 unspecified atom stereocenters. The van der Waals surface area contributed by atoms with Crippen LogP contribution in [0, 0.1) is 0 Å². The second kappa shape index (κ2) is 6.28. The molecule has 0 radical (unpaired) electrons. The zero-order valence-electron chi connectivity index (χ0n) is 14.6. The number of nitrogens with zero attached hydrogens (tertiary/aromatic N) is 4. The van der Waals surface area contributed by atoms with Crippen molar-refractivity contribution in [3.63, 3.8) is 0 Å². The van der Waals surface area contributed by atoms with E-state index in [-0.39, 0.29) is 5.91 Å². The molecule has 1 amide bonds. The highest BCUT2D eigenvalue weighted by molar-refractivity contribution is 7.18. The van der Waals surface area contributed by atoms with E-state index in [4.69, 9.17) is 10.7 Å². The Morgan fingerprint density at radius 1 is 1.15 bits per heavy atom. The SMILES string of the molecule is Nc1nnc(-c2ccc3c(c2)C(c2cccc(N4CCCC4=O)n2)=CC3)s1. The standard InChI is InChI=1S/C20H17N5OS/c21-20-24-23-19(27-20)13-7-6-12-8-9-14(15(12)11-13)16-3-1-4-17(22-16)25-10-2-5-18(25)26/h1,3-4,6-7,9,11H,2,5,8,10H2,(H2,21,24). The van der Waals surface area contributed by atoms with Crippen LogP contribution in [0.15, 0.2) is 42.5 Å². The summed E-state index contributed by atoms with van der Waals surface area (Å²) in [5, 5.41) is 9.33. The molecule has 0 bridgehead atoms. The van der Waals surface area contributed by atoms with Crippen LogP contribution in [-0.2, 0) is 11.2 Å². The Bertz CT molecular complexity index is 1090. The summed E-state index contributed by atoms with van der Waals surface area (Å²) >= 11 is 1.38.